The van der Waals surface area contributed by atoms with Crippen LogP contribution in [0.25, 0.3) is 0 Å². The summed E-state index contributed by atoms with van der Waals surface area (Å²) in [5, 5.41) is 8.43. The Morgan fingerprint density at radius 2 is 1.95 bits per heavy atom. The van der Waals surface area contributed by atoms with Gasteiger partial charge in [0.2, 0.25) is 0 Å². The van der Waals surface area contributed by atoms with Crippen molar-refractivity contribution < 1.29 is 13.5 Å². The fourth-order valence-electron chi connectivity index (χ4n) is 2.90. The Morgan fingerprint density at radius 1 is 1.18 bits per heavy atom. The van der Waals surface area contributed by atoms with E-state index in [-0.39, 0.29) is 6.10 Å². The van der Waals surface area contributed by atoms with Crippen LogP contribution in [0.2, 0.25) is 0 Å². The minimum atomic E-state index is -0.824. The van der Waals surface area contributed by atoms with Gasteiger partial charge in [0.1, 0.15) is 0 Å². The van der Waals surface area contributed by atoms with Crippen LogP contribution in [0.1, 0.15) is 44.1 Å². The van der Waals surface area contributed by atoms with E-state index in [0.29, 0.717) is 18.1 Å². The molecule has 1 aromatic rings. The number of halogens is 2. The summed E-state index contributed by atoms with van der Waals surface area (Å²) in [4.78, 5) is 0. The number of benzene rings is 1. The van der Waals surface area contributed by atoms with Gasteiger partial charge in [-0.2, -0.15) is 5.26 Å². The van der Waals surface area contributed by atoms with Crippen LogP contribution < -0.4 is 0 Å². The molecule has 1 saturated carbocycles. The van der Waals surface area contributed by atoms with Gasteiger partial charge in [-0.1, -0.05) is 12.1 Å². The molecule has 0 N–H and O–H groups in total. The molecule has 22 heavy (non-hydrogen) atoms. The number of rotatable bonds is 6. The zero-order valence-electron chi connectivity index (χ0n) is 12.6. The molecule has 0 unspecified atom stereocenters. The van der Waals surface area contributed by atoms with E-state index in [1.165, 1.54) is 12.1 Å². The standard InChI is InChI=1S/C18H21F2NO/c19-17-10-7-15(12-18(17)20)13-22-16-8-5-14(6-9-16)4-2-1-3-11-21/h1,3,7,10,12,14,16H,2,4-6,8-9,13H2/t14-,16-. The predicted octanol–water partition coefficient (Wildman–Crippen LogP) is 4.90. The van der Waals surface area contributed by atoms with Gasteiger partial charge in [0, 0.05) is 6.08 Å². The Labute approximate surface area is 130 Å². The Balaban J connectivity index is 1.68. The van der Waals surface area contributed by atoms with Gasteiger partial charge in [-0.25, -0.2) is 8.78 Å². The van der Waals surface area contributed by atoms with Crippen molar-refractivity contribution in [2.75, 3.05) is 0 Å². The number of nitriles is 1. The van der Waals surface area contributed by atoms with Gasteiger partial charge < -0.3 is 4.74 Å². The van der Waals surface area contributed by atoms with Crippen LogP contribution in [0.5, 0.6) is 0 Å². The predicted molar refractivity (Wildman–Crippen MR) is 80.9 cm³/mol. The quantitative estimate of drug-likeness (QED) is 0.700. The summed E-state index contributed by atoms with van der Waals surface area (Å²) >= 11 is 0. The van der Waals surface area contributed by atoms with Crippen LogP contribution >= 0.6 is 0 Å². The number of ether oxygens (including phenoxy) is 1. The summed E-state index contributed by atoms with van der Waals surface area (Å²) in [6.45, 7) is 0.331. The van der Waals surface area contributed by atoms with Crippen molar-refractivity contribution >= 4 is 0 Å². The molecule has 1 aromatic carbocycles. The van der Waals surface area contributed by atoms with Gasteiger partial charge >= 0.3 is 0 Å². The van der Waals surface area contributed by atoms with Gasteiger partial charge in [0.05, 0.1) is 18.8 Å². The van der Waals surface area contributed by atoms with Gasteiger partial charge in [-0.3, -0.25) is 0 Å². The number of hydrogen-bond acceptors (Lipinski definition) is 2. The minimum absolute atomic E-state index is 0.207. The van der Waals surface area contributed by atoms with Crippen molar-refractivity contribution in [2.24, 2.45) is 5.92 Å². The summed E-state index contributed by atoms with van der Waals surface area (Å²) < 4.78 is 31.8. The van der Waals surface area contributed by atoms with Gasteiger partial charge in [0.25, 0.3) is 0 Å². The van der Waals surface area contributed by atoms with E-state index in [2.05, 4.69) is 0 Å². The molecule has 0 spiro atoms. The second kappa shape index (κ2) is 8.65. The van der Waals surface area contributed by atoms with Crippen LogP contribution in [0.3, 0.4) is 0 Å². The summed E-state index contributed by atoms with van der Waals surface area (Å²) in [7, 11) is 0. The van der Waals surface area contributed by atoms with Gasteiger partial charge in [-0.05, 0) is 62.1 Å². The summed E-state index contributed by atoms with van der Waals surface area (Å²) in [6.07, 6.45) is 10.0. The van der Waals surface area contributed by atoms with Crippen LogP contribution in [-0.2, 0) is 11.3 Å². The fourth-order valence-corrected chi connectivity index (χ4v) is 2.90. The SMILES string of the molecule is N#CC=CCC[C@H]1CC[C@H](OCc2ccc(F)c(F)c2)CC1. The van der Waals surface area contributed by atoms with E-state index in [0.717, 1.165) is 44.6 Å². The maximum Gasteiger partial charge on any atom is 0.159 e. The lowest BCUT2D eigenvalue weighted by Gasteiger charge is -2.28. The highest BCUT2D eigenvalue weighted by molar-refractivity contribution is 5.16. The Kier molecular flexibility index (Phi) is 6.54. The molecule has 0 saturated heterocycles. The first-order chi connectivity index (χ1) is 10.7. The molecule has 2 nitrogen and oxygen atoms in total. The topological polar surface area (TPSA) is 33.0 Å². The Bertz CT molecular complexity index is 543. The average molecular weight is 305 g/mol. The van der Waals surface area contributed by atoms with Gasteiger partial charge in [0.15, 0.2) is 11.6 Å². The Morgan fingerprint density at radius 3 is 2.64 bits per heavy atom. The molecule has 0 aliphatic heterocycles. The highest BCUT2D eigenvalue weighted by Crippen LogP contribution is 2.30. The molecule has 1 aliphatic rings. The van der Waals surface area contributed by atoms with Crippen LogP contribution in [0, 0.1) is 28.9 Å². The van der Waals surface area contributed by atoms with Crippen molar-refractivity contribution in [2.45, 2.75) is 51.2 Å². The molecule has 118 valence electrons. The molecule has 0 aromatic heterocycles. The molecule has 0 atom stereocenters. The monoisotopic (exact) mass is 305 g/mol. The first kappa shape index (κ1) is 16.6. The average Bonchev–Trinajstić information content (AvgIpc) is 2.54. The third kappa shape index (κ3) is 5.23. The highest BCUT2D eigenvalue weighted by Gasteiger charge is 2.21. The Hall–Kier alpha value is -1.73. The number of hydrogen-bond donors (Lipinski definition) is 0. The van der Waals surface area contributed by atoms with Crippen molar-refractivity contribution in [3.8, 4) is 6.07 Å². The molecule has 0 radical (unpaired) electrons. The van der Waals surface area contributed by atoms with Crippen LogP contribution in [-0.4, -0.2) is 6.10 Å². The molecular formula is C18H21F2NO. The molecule has 1 aliphatic carbocycles. The summed E-state index contributed by atoms with van der Waals surface area (Å²) in [5.74, 6) is -0.948. The molecule has 0 bridgehead atoms. The lowest BCUT2D eigenvalue weighted by atomic mass is 9.84. The van der Waals surface area contributed by atoms with E-state index in [9.17, 15) is 8.78 Å². The second-order valence-corrected chi connectivity index (χ2v) is 5.81. The second-order valence-electron chi connectivity index (χ2n) is 5.81. The summed E-state index contributed by atoms with van der Waals surface area (Å²) in [6, 6.07) is 5.90. The lowest BCUT2D eigenvalue weighted by Crippen LogP contribution is -2.21. The molecule has 1 fully saturated rings. The van der Waals surface area contributed by atoms with Crippen molar-refractivity contribution in [3.05, 3.63) is 47.5 Å². The maximum absolute atomic E-state index is 13.1. The largest absolute Gasteiger partial charge is 0.374 e. The molecule has 4 heteroatoms. The molecular weight excluding hydrogens is 284 g/mol. The first-order valence-corrected chi connectivity index (χ1v) is 7.79. The first-order valence-electron chi connectivity index (χ1n) is 7.79. The maximum atomic E-state index is 13.1. The molecule has 2 rings (SSSR count). The zero-order chi connectivity index (χ0) is 15.8. The fraction of sp³-hybridized carbons (Fsp3) is 0.500. The number of nitrogens with zero attached hydrogens (tertiary/aromatic N) is 1. The van der Waals surface area contributed by atoms with E-state index in [1.54, 1.807) is 6.07 Å². The molecule has 0 heterocycles. The third-order valence-corrected chi connectivity index (χ3v) is 4.20. The highest BCUT2D eigenvalue weighted by atomic mass is 19.2. The zero-order valence-corrected chi connectivity index (χ0v) is 12.6. The van der Waals surface area contributed by atoms with E-state index in [4.69, 9.17) is 10.00 Å². The summed E-state index contributed by atoms with van der Waals surface area (Å²) in [5.41, 5.74) is 0.669. The van der Waals surface area contributed by atoms with Crippen molar-refractivity contribution in [1.29, 1.82) is 5.26 Å². The van der Waals surface area contributed by atoms with E-state index < -0.39 is 11.6 Å². The smallest absolute Gasteiger partial charge is 0.159 e. The van der Waals surface area contributed by atoms with Gasteiger partial charge in [-0.15, -0.1) is 0 Å². The minimum Gasteiger partial charge on any atom is -0.374 e. The van der Waals surface area contributed by atoms with E-state index >= 15 is 0 Å². The van der Waals surface area contributed by atoms with Crippen LogP contribution in [0.15, 0.2) is 30.4 Å². The van der Waals surface area contributed by atoms with Crippen LogP contribution in [0.4, 0.5) is 8.78 Å². The number of allylic oxidation sites excluding steroid dienone is 2. The van der Waals surface area contributed by atoms with Crippen molar-refractivity contribution in [3.63, 3.8) is 0 Å². The lowest BCUT2D eigenvalue weighted by molar-refractivity contribution is 0.00634. The third-order valence-electron chi connectivity index (χ3n) is 4.20. The normalized spacial score (nSPS) is 21.9. The molecule has 0 amide bonds. The van der Waals surface area contributed by atoms with Crippen molar-refractivity contribution in [1.82, 2.24) is 0 Å². The van der Waals surface area contributed by atoms with E-state index in [1.807, 2.05) is 12.1 Å².